The van der Waals surface area contributed by atoms with Crippen LogP contribution in [0, 0.1) is 0 Å². The molecule has 2 amide bonds. The predicted molar refractivity (Wildman–Crippen MR) is 121 cm³/mol. The van der Waals surface area contributed by atoms with Crippen LogP contribution in [0.5, 0.6) is 0 Å². The summed E-state index contributed by atoms with van der Waals surface area (Å²) in [6.45, 7) is 0.147. The fourth-order valence-corrected chi connectivity index (χ4v) is 3.40. The third kappa shape index (κ3) is 7.04. The Labute approximate surface area is 183 Å². The van der Waals surface area contributed by atoms with Crippen molar-refractivity contribution in [3.05, 3.63) is 102 Å². The van der Waals surface area contributed by atoms with Crippen LogP contribution >= 0.6 is 0 Å². The lowest BCUT2D eigenvalue weighted by atomic mass is 9.99. The molecule has 1 aromatic heterocycles. The van der Waals surface area contributed by atoms with Crippen molar-refractivity contribution in [2.24, 2.45) is 0 Å². The second-order valence-corrected chi connectivity index (χ2v) is 7.34. The van der Waals surface area contributed by atoms with Gasteiger partial charge in [0.1, 0.15) is 6.04 Å². The number of pyridine rings is 1. The first-order chi connectivity index (χ1) is 15.2. The molecule has 6 heteroatoms. The van der Waals surface area contributed by atoms with Crippen LogP contribution in [0.1, 0.15) is 22.9 Å². The molecule has 6 nitrogen and oxygen atoms in total. The maximum atomic E-state index is 13.3. The number of hydrogen-bond donors (Lipinski definition) is 3. The summed E-state index contributed by atoms with van der Waals surface area (Å²) < 4.78 is 0. The molecule has 0 saturated carbocycles. The molecular weight excluding hydrogens is 388 g/mol. The second-order valence-electron chi connectivity index (χ2n) is 7.34. The first-order valence-corrected chi connectivity index (χ1v) is 10.4. The lowest BCUT2D eigenvalue weighted by molar-refractivity contribution is -0.129. The molecule has 0 saturated heterocycles. The highest BCUT2D eigenvalue weighted by Crippen LogP contribution is 2.18. The monoisotopic (exact) mass is 416 g/mol. The average Bonchev–Trinajstić information content (AvgIpc) is 2.80. The Bertz CT molecular complexity index is 949. The quantitative estimate of drug-likeness (QED) is 0.474. The topological polar surface area (TPSA) is 83.1 Å². The number of carbonyl (C=O) groups excluding carboxylic acids is 2. The van der Waals surface area contributed by atoms with Crippen molar-refractivity contribution in [2.75, 3.05) is 13.6 Å². The zero-order chi connectivity index (χ0) is 21.9. The molecule has 0 aliphatic carbocycles. The van der Waals surface area contributed by atoms with Crippen LogP contribution in [0.15, 0.2) is 85.1 Å². The largest absolute Gasteiger partial charge is 0.347 e. The number of benzene rings is 2. The average molecular weight is 417 g/mol. The van der Waals surface area contributed by atoms with Gasteiger partial charge in [-0.25, -0.2) is 0 Å². The van der Waals surface area contributed by atoms with E-state index < -0.39 is 6.04 Å². The molecule has 3 rings (SSSR count). The first kappa shape index (κ1) is 22.2. The molecule has 0 spiro atoms. The van der Waals surface area contributed by atoms with Gasteiger partial charge in [-0.05, 0) is 30.3 Å². The third-order valence-electron chi connectivity index (χ3n) is 4.93. The Morgan fingerprint density at radius 3 is 2.16 bits per heavy atom. The Morgan fingerprint density at radius 2 is 1.52 bits per heavy atom. The molecule has 160 valence electrons. The van der Waals surface area contributed by atoms with Crippen LogP contribution < -0.4 is 16.0 Å². The van der Waals surface area contributed by atoms with Gasteiger partial charge in [0.25, 0.3) is 0 Å². The number of aromatic nitrogens is 1. The summed E-state index contributed by atoms with van der Waals surface area (Å²) >= 11 is 0. The van der Waals surface area contributed by atoms with E-state index in [1.165, 1.54) is 0 Å². The van der Waals surface area contributed by atoms with Crippen LogP contribution in [0.3, 0.4) is 0 Å². The Hall–Kier alpha value is -3.51. The van der Waals surface area contributed by atoms with Crippen LogP contribution in [0.25, 0.3) is 0 Å². The summed E-state index contributed by atoms with van der Waals surface area (Å²) in [7, 11) is 1.70. The molecule has 0 aliphatic rings. The minimum atomic E-state index is -0.682. The fraction of sp³-hybridized carbons (Fsp3) is 0.240. The number of amides is 2. The molecule has 3 N–H and O–H groups in total. The van der Waals surface area contributed by atoms with E-state index in [2.05, 4.69) is 20.9 Å². The van der Waals surface area contributed by atoms with Crippen LogP contribution in [0.4, 0.5) is 0 Å². The van der Waals surface area contributed by atoms with Gasteiger partial charge in [-0.3, -0.25) is 14.6 Å². The molecule has 2 atom stereocenters. The van der Waals surface area contributed by atoms with Gasteiger partial charge in [0, 0.05) is 24.7 Å². The minimum Gasteiger partial charge on any atom is -0.347 e. The summed E-state index contributed by atoms with van der Waals surface area (Å²) in [5.41, 5.74) is 2.85. The van der Waals surface area contributed by atoms with Gasteiger partial charge in [-0.15, -0.1) is 0 Å². The summed E-state index contributed by atoms with van der Waals surface area (Å²) in [5, 5.41) is 8.82. The highest BCUT2D eigenvalue weighted by molar-refractivity contribution is 5.88. The number of hydrogen-bond acceptors (Lipinski definition) is 4. The van der Waals surface area contributed by atoms with Crippen molar-refractivity contribution in [2.45, 2.75) is 24.9 Å². The Morgan fingerprint density at radius 1 is 0.839 bits per heavy atom. The second kappa shape index (κ2) is 11.6. The van der Waals surface area contributed by atoms with Crippen molar-refractivity contribution in [3.8, 4) is 0 Å². The molecule has 31 heavy (non-hydrogen) atoms. The standard InChI is InChI=1S/C25H28N4O2/c1-26-18-24(30)28-23(16-19-10-4-2-5-11-19)25(31)29-22(20-12-6-3-7-13-20)17-21-14-8-9-15-27-21/h2-15,22-23,26H,16-18H2,1H3,(H,28,30)(H,29,31)/t22?,23-/m0/s1. The van der Waals surface area contributed by atoms with Crippen LogP contribution in [-0.2, 0) is 22.4 Å². The van der Waals surface area contributed by atoms with Crippen molar-refractivity contribution in [3.63, 3.8) is 0 Å². The third-order valence-corrected chi connectivity index (χ3v) is 4.93. The highest BCUT2D eigenvalue weighted by Gasteiger charge is 2.24. The fourth-order valence-electron chi connectivity index (χ4n) is 3.40. The van der Waals surface area contributed by atoms with E-state index in [0.717, 1.165) is 16.8 Å². The van der Waals surface area contributed by atoms with Gasteiger partial charge in [-0.1, -0.05) is 66.7 Å². The van der Waals surface area contributed by atoms with Crippen LogP contribution in [-0.4, -0.2) is 36.4 Å². The molecule has 3 aromatic rings. The van der Waals surface area contributed by atoms with Gasteiger partial charge in [0.15, 0.2) is 0 Å². The summed E-state index contributed by atoms with van der Waals surface area (Å²) in [4.78, 5) is 29.9. The lowest BCUT2D eigenvalue weighted by Gasteiger charge is -2.24. The number of carbonyl (C=O) groups is 2. The van der Waals surface area contributed by atoms with E-state index in [1.807, 2.05) is 78.9 Å². The minimum absolute atomic E-state index is 0.147. The molecule has 0 radical (unpaired) electrons. The van der Waals surface area contributed by atoms with Gasteiger partial charge in [-0.2, -0.15) is 0 Å². The normalized spacial score (nSPS) is 12.5. The van der Waals surface area contributed by atoms with Crippen molar-refractivity contribution in [1.29, 1.82) is 0 Å². The van der Waals surface area contributed by atoms with Gasteiger partial charge in [0.2, 0.25) is 11.8 Å². The number of likely N-dealkylation sites (N-methyl/N-ethyl adjacent to an activating group) is 1. The van der Waals surface area contributed by atoms with Gasteiger partial charge < -0.3 is 16.0 Å². The van der Waals surface area contributed by atoms with Crippen molar-refractivity contribution in [1.82, 2.24) is 20.9 Å². The number of nitrogens with one attached hydrogen (secondary N) is 3. The van der Waals surface area contributed by atoms with E-state index in [4.69, 9.17) is 0 Å². The number of nitrogens with zero attached hydrogens (tertiary/aromatic N) is 1. The smallest absolute Gasteiger partial charge is 0.243 e. The van der Waals surface area contributed by atoms with Crippen LogP contribution in [0.2, 0.25) is 0 Å². The summed E-state index contributed by atoms with van der Waals surface area (Å²) in [6.07, 6.45) is 2.71. The first-order valence-electron chi connectivity index (χ1n) is 10.4. The van der Waals surface area contributed by atoms with Gasteiger partial charge in [0.05, 0.1) is 12.6 Å². The van der Waals surface area contributed by atoms with Crippen molar-refractivity contribution < 1.29 is 9.59 Å². The van der Waals surface area contributed by atoms with Crippen molar-refractivity contribution >= 4 is 11.8 Å². The zero-order valence-corrected chi connectivity index (χ0v) is 17.6. The molecule has 1 unspecified atom stereocenters. The van der Waals surface area contributed by atoms with E-state index in [-0.39, 0.29) is 24.4 Å². The maximum absolute atomic E-state index is 13.3. The molecule has 2 aromatic carbocycles. The number of rotatable bonds is 10. The van der Waals surface area contributed by atoms with E-state index in [1.54, 1.807) is 13.2 Å². The zero-order valence-electron chi connectivity index (χ0n) is 17.6. The molecule has 0 aliphatic heterocycles. The van der Waals surface area contributed by atoms with E-state index in [0.29, 0.717) is 12.8 Å². The summed E-state index contributed by atoms with van der Waals surface area (Å²) in [5.74, 6) is -0.447. The van der Waals surface area contributed by atoms with E-state index in [9.17, 15) is 9.59 Å². The molecule has 1 heterocycles. The predicted octanol–water partition coefficient (Wildman–Crippen LogP) is 2.43. The highest BCUT2D eigenvalue weighted by atomic mass is 16.2. The Kier molecular flexibility index (Phi) is 8.31. The molecule has 0 fully saturated rings. The maximum Gasteiger partial charge on any atom is 0.243 e. The van der Waals surface area contributed by atoms with Gasteiger partial charge >= 0.3 is 0 Å². The molecule has 0 bridgehead atoms. The molecular formula is C25H28N4O2. The SMILES string of the molecule is CNCC(=O)N[C@@H](Cc1ccccc1)C(=O)NC(Cc1ccccn1)c1ccccc1. The van der Waals surface area contributed by atoms with E-state index >= 15 is 0 Å². The Balaban J connectivity index is 1.80. The lowest BCUT2D eigenvalue weighted by Crippen LogP contribution is -2.50. The summed E-state index contributed by atoms with van der Waals surface area (Å²) in [6, 6.07) is 24.3.